The molecule has 2 aromatic heterocycles. The van der Waals surface area contributed by atoms with Crippen LogP contribution in [-0.4, -0.2) is 11.5 Å². The Hall–Kier alpha value is -1.42. The number of pyridine rings is 1. The molecule has 0 aliphatic carbocycles. The van der Waals surface area contributed by atoms with Crippen LogP contribution in [0.3, 0.4) is 0 Å². The Kier molecular flexibility index (Phi) is 5.15. The molecule has 0 aliphatic rings. The first-order valence-corrected chi connectivity index (χ1v) is 7.33. The SMILES string of the molecule is CCCNc1ccnc(CSCc2ccco2)c1. The van der Waals surface area contributed by atoms with Gasteiger partial charge in [-0.2, -0.15) is 0 Å². The second-order valence-electron chi connectivity index (χ2n) is 4.03. The molecule has 0 atom stereocenters. The molecule has 0 saturated heterocycles. The Bertz CT molecular complexity index is 457. The number of furan rings is 1. The molecular formula is C14H18N2OS. The smallest absolute Gasteiger partial charge is 0.113 e. The highest BCUT2D eigenvalue weighted by Gasteiger charge is 2.00. The van der Waals surface area contributed by atoms with E-state index in [1.165, 1.54) is 0 Å². The van der Waals surface area contributed by atoms with E-state index < -0.39 is 0 Å². The van der Waals surface area contributed by atoms with E-state index in [0.29, 0.717) is 0 Å². The predicted molar refractivity (Wildman–Crippen MR) is 76.7 cm³/mol. The molecule has 96 valence electrons. The third-order valence-electron chi connectivity index (χ3n) is 2.47. The maximum atomic E-state index is 5.29. The van der Waals surface area contributed by atoms with Gasteiger partial charge in [0.15, 0.2) is 0 Å². The van der Waals surface area contributed by atoms with E-state index in [2.05, 4.69) is 23.3 Å². The van der Waals surface area contributed by atoms with Crippen molar-refractivity contribution in [3.8, 4) is 0 Å². The molecule has 0 spiro atoms. The molecule has 0 aromatic carbocycles. The Morgan fingerprint density at radius 1 is 1.33 bits per heavy atom. The number of nitrogens with zero attached hydrogens (tertiary/aromatic N) is 1. The summed E-state index contributed by atoms with van der Waals surface area (Å²) in [5, 5.41) is 3.37. The molecule has 0 aliphatic heterocycles. The average molecular weight is 262 g/mol. The van der Waals surface area contributed by atoms with Crippen molar-refractivity contribution in [2.24, 2.45) is 0 Å². The maximum Gasteiger partial charge on any atom is 0.113 e. The summed E-state index contributed by atoms with van der Waals surface area (Å²) >= 11 is 1.81. The van der Waals surface area contributed by atoms with Crippen LogP contribution in [0.25, 0.3) is 0 Å². The third-order valence-corrected chi connectivity index (χ3v) is 3.46. The van der Waals surface area contributed by atoms with Gasteiger partial charge in [-0.15, -0.1) is 11.8 Å². The molecule has 0 amide bonds. The van der Waals surface area contributed by atoms with Crippen LogP contribution < -0.4 is 5.32 Å². The van der Waals surface area contributed by atoms with Crippen molar-refractivity contribution >= 4 is 17.4 Å². The van der Waals surface area contributed by atoms with E-state index in [4.69, 9.17) is 4.42 Å². The van der Waals surface area contributed by atoms with Gasteiger partial charge in [0.05, 0.1) is 17.7 Å². The first-order chi connectivity index (χ1) is 8.88. The quantitative estimate of drug-likeness (QED) is 0.820. The van der Waals surface area contributed by atoms with Crippen molar-refractivity contribution < 1.29 is 4.42 Å². The molecule has 0 saturated carbocycles. The summed E-state index contributed by atoms with van der Waals surface area (Å²) in [4.78, 5) is 4.37. The second kappa shape index (κ2) is 7.11. The van der Waals surface area contributed by atoms with E-state index >= 15 is 0 Å². The molecule has 2 heterocycles. The Morgan fingerprint density at radius 3 is 3.06 bits per heavy atom. The van der Waals surface area contributed by atoms with Crippen molar-refractivity contribution in [3.05, 3.63) is 48.2 Å². The molecule has 18 heavy (non-hydrogen) atoms. The van der Waals surface area contributed by atoms with Gasteiger partial charge < -0.3 is 9.73 Å². The van der Waals surface area contributed by atoms with Crippen molar-refractivity contribution in [2.45, 2.75) is 24.9 Å². The van der Waals surface area contributed by atoms with Crippen molar-refractivity contribution in [1.82, 2.24) is 4.98 Å². The van der Waals surface area contributed by atoms with Crippen LogP contribution in [-0.2, 0) is 11.5 Å². The summed E-state index contributed by atoms with van der Waals surface area (Å²) in [6.45, 7) is 3.16. The molecule has 1 N–H and O–H groups in total. The Morgan fingerprint density at radius 2 is 2.28 bits per heavy atom. The maximum absolute atomic E-state index is 5.29. The summed E-state index contributed by atoms with van der Waals surface area (Å²) in [6.07, 6.45) is 4.70. The number of anilines is 1. The highest BCUT2D eigenvalue weighted by Crippen LogP contribution is 2.18. The zero-order valence-corrected chi connectivity index (χ0v) is 11.4. The molecule has 0 unspecified atom stereocenters. The van der Waals surface area contributed by atoms with Gasteiger partial charge in [-0.05, 0) is 30.7 Å². The van der Waals surface area contributed by atoms with E-state index in [1.54, 1.807) is 6.26 Å². The van der Waals surface area contributed by atoms with Gasteiger partial charge in [0, 0.05) is 24.2 Å². The summed E-state index contributed by atoms with van der Waals surface area (Å²) < 4.78 is 5.29. The van der Waals surface area contributed by atoms with Crippen LogP contribution in [0.5, 0.6) is 0 Å². The van der Waals surface area contributed by atoms with E-state index in [-0.39, 0.29) is 0 Å². The zero-order chi connectivity index (χ0) is 12.6. The zero-order valence-electron chi connectivity index (χ0n) is 10.6. The molecule has 2 rings (SSSR count). The number of hydrogen-bond donors (Lipinski definition) is 1. The minimum Gasteiger partial charge on any atom is -0.468 e. The lowest BCUT2D eigenvalue weighted by molar-refractivity contribution is 0.530. The fraction of sp³-hybridized carbons (Fsp3) is 0.357. The van der Waals surface area contributed by atoms with Crippen LogP contribution in [0.4, 0.5) is 5.69 Å². The van der Waals surface area contributed by atoms with Crippen LogP contribution in [0.2, 0.25) is 0 Å². The lowest BCUT2D eigenvalue weighted by Crippen LogP contribution is -2.00. The molecule has 0 radical (unpaired) electrons. The lowest BCUT2D eigenvalue weighted by Gasteiger charge is -2.06. The van der Waals surface area contributed by atoms with Crippen LogP contribution >= 0.6 is 11.8 Å². The number of aromatic nitrogens is 1. The number of rotatable bonds is 7. The minimum absolute atomic E-state index is 0.890. The van der Waals surface area contributed by atoms with Gasteiger partial charge in [-0.3, -0.25) is 4.98 Å². The Labute approximate surface area is 112 Å². The van der Waals surface area contributed by atoms with Crippen LogP contribution in [0.1, 0.15) is 24.8 Å². The van der Waals surface area contributed by atoms with Gasteiger partial charge in [0.25, 0.3) is 0 Å². The third kappa shape index (κ3) is 4.11. The van der Waals surface area contributed by atoms with Crippen LogP contribution in [0.15, 0.2) is 41.1 Å². The number of nitrogens with one attached hydrogen (secondary N) is 1. The standard InChI is InChI=1S/C14H18N2OS/c1-2-6-15-12-5-7-16-13(9-12)10-18-11-14-4-3-8-17-14/h3-5,7-9H,2,6,10-11H2,1H3,(H,15,16). The predicted octanol–water partition coefficient (Wildman–Crippen LogP) is 3.93. The first kappa shape index (κ1) is 13.0. The van der Waals surface area contributed by atoms with Crippen molar-refractivity contribution in [1.29, 1.82) is 0 Å². The van der Waals surface area contributed by atoms with Gasteiger partial charge in [0.2, 0.25) is 0 Å². The summed E-state index contributed by atoms with van der Waals surface area (Å²) in [5.41, 5.74) is 2.26. The van der Waals surface area contributed by atoms with Crippen molar-refractivity contribution in [3.63, 3.8) is 0 Å². The summed E-state index contributed by atoms with van der Waals surface area (Å²) in [7, 11) is 0. The minimum atomic E-state index is 0.890. The normalized spacial score (nSPS) is 10.5. The monoisotopic (exact) mass is 262 g/mol. The fourth-order valence-electron chi connectivity index (χ4n) is 1.59. The van der Waals surface area contributed by atoms with E-state index in [1.807, 2.05) is 36.2 Å². The van der Waals surface area contributed by atoms with Gasteiger partial charge in [-0.25, -0.2) is 0 Å². The number of thioether (sulfide) groups is 1. The van der Waals surface area contributed by atoms with Crippen molar-refractivity contribution in [2.75, 3.05) is 11.9 Å². The highest BCUT2D eigenvalue weighted by atomic mass is 32.2. The average Bonchev–Trinajstić information content (AvgIpc) is 2.90. The molecule has 0 fully saturated rings. The van der Waals surface area contributed by atoms with Crippen LogP contribution in [0, 0.1) is 0 Å². The van der Waals surface area contributed by atoms with E-state index in [9.17, 15) is 0 Å². The highest BCUT2D eigenvalue weighted by molar-refractivity contribution is 7.97. The largest absolute Gasteiger partial charge is 0.468 e. The van der Waals surface area contributed by atoms with E-state index in [0.717, 1.165) is 41.6 Å². The van der Waals surface area contributed by atoms with Gasteiger partial charge in [0.1, 0.15) is 5.76 Å². The summed E-state index contributed by atoms with van der Waals surface area (Å²) in [5.74, 6) is 2.81. The molecule has 0 bridgehead atoms. The number of hydrogen-bond acceptors (Lipinski definition) is 4. The molecule has 4 heteroatoms. The first-order valence-electron chi connectivity index (χ1n) is 6.17. The fourth-order valence-corrected chi connectivity index (χ4v) is 2.42. The molecule has 3 nitrogen and oxygen atoms in total. The molecule has 2 aromatic rings. The topological polar surface area (TPSA) is 38.1 Å². The molecular weight excluding hydrogens is 244 g/mol. The summed E-state index contributed by atoms with van der Waals surface area (Å²) in [6, 6.07) is 8.05. The Balaban J connectivity index is 1.81. The van der Waals surface area contributed by atoms with Gasteiger partial charge in [-0.1, -0.05) is 6.92 Å². The second-order valence-corrected chi connectivity index (χ2v) is 5.02. The van der Waals surface area contributed by atoms with Gasteiger partial charge >= 0.3 is 0 Å². The lowest BCUT2D eigenvalue weighted by atomic mass is 10.3.